The third-order valence-corrected chi connectivity index (χ3v) is 6.14. The number of hydrogen-bond donors (Lipinski definition) is 1. The molecule has 1 aromatic heterocycles. The van der Waals surface area contributed by atoms with Crippen LogP contribution in [0.1, 0.15) is 37.8 Å². The van der Waals surface area contributed by atoms with Crippen molar-refractivity contribution in [1.82, 2.24) is 9.88 Å². The van der Waals surface area contributed by atoms with Crippen molar-refractivity contribution in [3.63, 3.8) is 0 Å². The third-order valence-electron chi connectivity index (χ3n) is 6.14. The van der Waals surface area contributed by atoms with Crippen LogP contribution in [-0.2, 0) is 13.0 Å². The van der Waals surface area contributed by atoms with E-state index in [1.807, 2.05) is 30.3 Å². The minimum atomic E-state index is -0.0604. The van der Waals surface area contributed by atoms with Crippen molar-refractivity contribution in [1.29, 1.82) is 0 Å². The lowest BCUT2D eigenvalue weighted by Gasteiger charge is -2.33. The van der Waals surface area contributed by atoms with Crippen molar-refractivity contribution in [2.45, 2.75) is 51.4 Å². The van der Waals surface area contributed by atoms with Gasteiger partial charge in [-0.15, -0.1) is 0 Å². The summed E-state index contributed by atoms with van der Waals surface area (Å²) in [6.07, 6.45) is 3.33. The number of para-hydroxylation sites is 1. The van der Waals surface area contributed by atoms with Crippen LogP contribution in [0.25, 0.3) is 10.9 Å². The van der Waals surface area contributed by atoms with Crippen LogP contribution >= 0.6 is 0 Å². The Morgan fingerprint density at radius 3 is 3.00 bits per heavy atom. The van der Waals surface area contributed by atoms with Gasteiger partial charge in [-0.1, -0.05) is 24.3 Å². The molecule has 0 spiro atoms. The molecular formula is C25H29N3O2. The molecule has 0 saturated carbocycles. The number of rotatable bonds is 4. The van der Waals surface area contributed by atoms with Gasteiger partial charge in [-0.25, -0.2) is 4.98 Å². The zero-order chi connectivity index (χ0) is 20.7. The van der Waals surface area contributed by atoms with Gasteiger partial charge in [0.25, 0.3) is 0 Å². The first-order chi connectivity index (χ1) is 14.4. The predicted octanol–water partition coefficient (Wildman–Crippen LogP) is 4.57. The number of nitrogen functional groups attached to an aromatic ring is 1. The molecular weight excluding hydrogens is 374 g/mol. The lowest BCUT2D eigenvalue weighted by molar-refractivity contribution is 0.0846. The molecule has 3 aromatic rings. The molecule has 0 unspecified atom stereocenters. The van der Waals surface area contributed by atoms with Crippen molar-refractivity contribution in [2.75, 3.05) is 18.8 Å². The average Bonchev–Trinajstić information content (AvgIpc) is 3.15. The normalized spacial score (nSPS) is 20.7. The Morgan fingerprint density at radius 2 is 2.10 bits per heavy atom. The standard InChI is InChI=1S/C25H29N3O2/c1-25(2)12-10-19-14-17(6-8-21(19)30-25)15-28-13-11-20(16-28)29-22-5-3-4-18-7-9-23(26)27-24(18)22/h3-9,14,20H,10-13,15-16H2,1-2H3,(H2,26,27)/t20-/m0/s1. The Labute approximate surface area is 177 Å². The van der Waals surface area contributed by atoms with Crippen molar-refractivity contribution in [3.8, 4) is 11.5 Å². The Balaban J connectivity index is 1.25. The molecule has 156 valence electrons. The topological polar surface area (TPSA) is 60.6 Å². The lowest BCUT2D eigenvalue weighted by atomic mass is 9.93. The Bertz CT molecular complexity index is 1080. The highest BCUT2D eigenvalue weighted by atomic mass is 16.5. The first kappa shape index (κ1) is 19.2. The van der Waals surface area contributed by atoms with Crippen LogP contribution in [0.4, 0.5) is 5.82 Å². The molecule has 1 atom stereocenters. The molecule has 2 aromatic carbocycles. The van der Waals surface area contributed by atoms with Crippen LogP contribution in [-0.4, -0.2) is 34.7 Å². The van der Waals surface area contributed by atoms with Gasteiger partial charge in [0.05, 0.1) is 0 Å². The summed E-state index contributed by atoms with van der Waals surface area (Å²) < 4.78 is 12.5. The molecule has 0 radical (unpaired) electrons. The van der Waals surface area contributed by atoms with Gasteiger partial charge in [-0.2, -0.15) is 0 Å². The van der Waals surface area contributed by atoms with Gasteiger partial charge >= 0.3 is 0 Å². The van der Waals surface area contributed by atoms with Gasteiger partial charge in [0, 0.05) is 25.0 Å². The van der Waals surface area contributed by atoms with Gasteiger partial charge in [0.1, 0.15) is 34.5 Å². The van der Waals surface area contributed by atoms with Gasteiger partial charge in [-0.05, 0) is 68.5 Å². The van der Waals surface area contributed by atoms with E-state index in [0.717, 1.165) is 61.3 Å². The first-order valence-corrected chi connectivity index (χ1v) is 10.8. The summed E-state index contributed by atoms with van der Waals surface area (Å²) in [5.74, 6) is 2.38. The number of nitrogens with two attached hydrogens (primary N) is 1. The number of likely N-dealkylation sites (tertiary alicyclic amines) is 1. The maximum Gasteiger partial charge on any atom is 0.146 e. The van der Waals surface area contributed by atoms with Crippen molar-refractivity contribution in [3.05, 3.63) is 59.7 Å². The summed E-state index contributed by atoms with van der Waals surface area (Å²) in [5.41, 5.74) is 9.35. The molecule has 1 fully saturated rings. The second kappa shape index (κ2) is 7.47. The molecule has 30 heavy (non-hydrogen) atoms. The van der Waals surface area contributed by atoms with Crippen molar-refractivity contribution < 1.29 is 9.47 Å². The summed E-state index contributed by atoms with van der Waals surface area (Å²) in [7, 11) is 0. The Hall–Kier alpha value is -2.79. The fourth-order valence-corrected chi connectivity index (χ4v) is 4.52. The molecule has 0 amide bonds. The summed E-state index contributed by atoms with van der Waals surface area (Å²) >= 11 is 0. The highest BCUT2D eigenvalue weighted by Crippen LogP contribution is 2.34. The van der Waals surface area contributed by atoms with E-state index in [-0.39, 0.29) is 11.7 Å². The highest BCUT2D eigenvalue weighted by Gasteiger charge is 2.28. The van der Waals surface area contributed by atoms with Gasteiger partial charge < -0.3 is 15.2 Å². The van der Waals surface area contributed by atoms with Crippen LogP contribution in [0.2, 0.25) is 0 Å². The van der Waals surface area contributed by atoms with Gasteiger partial charge in [0.15, 0.2) is 0 Å². The number of anilines is 1. The molecule has 3 heterocycles. The van der Waals surface area contributed by atoms with Crippen LogP contribution < -0.4 is 15.2 Å². The fraction of sp³-hybridized carbons (Fsp3) is 0.400. The lowest BCUT2D eigenvalue weighted by Crippen LogP contribution is -2.32. The molecule has 5 heteroatoms. The molecule has 5 rings (SSSR count). The van der Waals surface area contributed by atoms with Gasteiger partial charge in [0.2, 0.25) is 0 Å². The first-order valence-electron chi connectivity index (χ1n) is 10.8. The maximum atomic E-state index is 6.35. The van der Waals surface area contributed by atoms with E-state index >= 15 is 0 Å². The quantitative estimate of drug-likeness (QED) is 0.691. The number of aryl methyl sites for hydroxylation is 1. The van der Waals surface area contributed by atoms with Crippen LogP contribution in [0.15, 0.2) is 48.5 Å². The van der Waals surface area contributed by atoms with E-state index in [9.17, 15) is 0 Å². The predicted molar refractivity (Wildman–Crippen MR) is 120 cm³/mol. The summed E-state index contributed by atoms with van der Waals surface area (Å²) in [6, 6.07) is 16.5. The van der Waals surface area contributed by atoms with Gasteiger partial charge in [-0.3, -0.25) is 4.90 Å². The van der Waals surface area contributed by atoms with E-state index in [4.69, 9.17) is 15.2 Å². The van der Waals surface area contributed by atoms with E-state index in [1.165, 1.54) is 11.1 Å². The molecule has 2 N–H and O–H groups in total. The van der Waals surface area contributed by atoms with E-state index < -0.39 is 0 Å². The fourth-order valence-electron chi connectivity index (χ4n) is 4.52. The molecule has 0 aliphatic carbocycles. The Morgan fingerprint density at radius 1 is 1.20 bits per heavy atom. The number of benzene rings is 2. The van der Waals surface area contributed by atoms with E-state index in [0.29, 0.717) is 5.82 Å². The van der Waals surface area contributed by atoms with E-state index in [1.54, 1.807) is 0 Å². The minimum absolute atomic E-state index is 0.0604. The monoisotopic (exact) mass is 403 g/mol. The number of ether oxygens (including phenoxy) is 2. The number of aromatic nitrogens is 1. The smallest absolute Gasteiger partial charge is 0.146 e. The minimum Gasteiger partial charge on any atom is -0.488 e. The van der Waals surface area contributed by atoms with Crippen LogP contribution in [0, 0.1) is 0 Å². The molecule has 2 aliphatic rings. The number of hydrogen-bond acceptors (Lipinski definition) is 5. The second-order valence-corrected chi connectivity index (χ2v) is 9.13. The molecule has 2 aliphatic heterocycles. The number of pyridine rings is 1. The molecule has 1 saturated heterocycles. The van der Waals surface area contributed by atoms with Crippen molar-refractivity contribution >= 4 is 16.7 Å². The van der Waals surface area contributed by atoms with Crippen LogP contribution in [0.3, 0.4) is 0 Å². The SMILES string of the molecule is CC1(C)CCc2cc(CN3CC[C@H](Oc4cccc5ccc(N)nc45)C3)ccc2O1. The molecule has 5 nitrogen and oxygen atoms in total. The van der Waals surface area contributed by atoms with E-state index in [2.05, 4.69) is 41.9 Å². The number of nitrogens with zero attached hydrogens (tertiary/aromatic N) is 2. The zero-order valence-electron chi connectivity index (χ0n) is 17.7. The third kappa shape index (κ3) is 3.94. The highest BCUT2D eigenvalue weighted by molar-refractivity contribution is 5.85. The maximum absolute atomic E-state index is 6.35. The van der Waals surface area contributed by atoms with Crippen molar-refractivity contribution in [2.24, 2.45) is 0 Å². The summed E-state index contributed by atoms with van der Waals surface area (Å²) in [4.78, 5) is 6.95. The van der Waals surface area contributed by atoms with Crippen LogP contribution in [0.5, 0.6) is 11.5 Å². The summed E-state index contributed by atoms with van der Waals surface area (Å²) in [6.45, 7) is 7.21. The average molecular weight is 404 g/mol. The second-order valence-electron chi connectivity index (χ2n) is 9.13. The number of fused-ring (bicyclic) bond motifs is 2. The Kier molecular flexibility index (Phi) is 4.78. The molecule has 0 bridgehead atoms. The zero-order valence-corrected chi connectivity index (χ0v) is 17.7. The summed E-state index contributed by atoms with van der Waals surface area (Å²) in [5, 5.41) is 1.05. The largest absolute Gasteiger partial charge is 0.488 e.